The summed E-state index contributed by atoms with van der Waals surface area (Å²) in [4.78, 5) is 26.5. The van der Waals surface area contributed by atoms with Crippen LogP contribution in [0.5, 0.6) is 5.75 Å². The number of furan rings is 1. The number of ether oxygens (including phenoxy) is 1. The van der Waals surface area contributed by atoms with Crippen LogP contribution >= 0.6 is 23.2 Å². The second-order valence-corrected chi connectivity index (χ2v) is 9.80. The first kappa shape index (κ1) is 22.5. The average Bonchev–Trinajstić information content (AvgIpc) is 3.27. The minimum absolute atomic E-state index is 0.103. The molecule has 1 N–H and O–H groups in total. The Labute approximate surface area is 184 Å². The molecule has 2 aromatic rings. The number of nitrogens with one attached hydrogen (secondary N) is 1. The van der Waals surface area contributed by atoms with E-state index in [-0.39, 0.29) is 35.5 Å². The Bertz CT molecular complexity index is 1050. The predicted octanol–water partition coefficient (Wildman–Crippen LogP) is 2.79. The van der Waals surface area contributed by atoms with E-state index in [9.17, 15) is 18.0 Å². The Hall–Kier alpha value is -2.23. The van der Waals surface area contributed by atoms with Crippen molar-refractivity contribution in [2.45, 2.75) is 30.5 Å². The van der Waals surface area contributed by atoms with Crippen LogP contribution in [-0.4, -0.2) is 56.6 Å². The molecule has 0 spiro atoms. The molecule has 1 aromatic carbocycles. The maximum absolute atomic E-state index is 12.6. The summed E-state index contributed by atoms with van der Waals surface area (Å²) in [5, 5.41) is 3.31. The first-order chi connectivity index (χ1) is 14.0. The number of halogens is 2. The maximum Gasteiger partial charge on any atom is 0.287 e. The van der Waals surface area contributed by atoms with Crippen molar-refractivity contribution in [1.82, 2.24) is 10.2 Å². The molecule has 0 bridgehead atoms. The number of carbonyl (C=O) groups is 2. The van der Waals surface area contributed by atoms with Gasteiger partial charge in [-0.15, -0.1) is 0 Å². The van der Waals surface area contributed by atoms with Crippen LogP contribution in [0.3, 0.4) is 0 Å². The first-order valence-electron chi connectivity index (χ1n) is 9.03. The number of rotatable bonds is 6. The van der Waals surface area contributed by atoms with Gasteiger partial charge >= 0.3 is 0 Å². The first-order valence-corrected chi connectivity index (χ1v) is 11.7. The van der Waals surface area contributed by atoms with Crippen molar-refractivity contribution in [3.63, 3.8) is 0 Å². The highest BCUT2D eigenvalue weighted by atomic mass is 35.5. The summed E-state index contributed by atoms with van der Waals surface area (Å²) in [6.45, 7) is 2.06. The van der Waals surface area contributed by atoms with E-state index < -0.39 is 15.7 Å². The van der Waals surface area contributed by atoms with E-state index in [4.69, 9.17) is 32.4 Å². The van der Waals surface area contributed by atoms with Crippen LogP contribution in [0.25, 0.3) is 0 Å². The van der Waals surface area contributed by atoms with Crippen molar-refractivity contribution < 1.29 is 27.2 Å². The van der Waals surface area contributed by atoms with E-state index >= 15 is 0 Å². The molecule has 1 aliphatic heterocycles. The predicted molar refractivity (Wildman–Crippen MR) is 111 cm³/mol. The smallest absolute Gasteiger partial charge is 0.287 e. The fourth-order valence-corrected chi connectivity index (χ4v) is 4.27. The van der Waals surface area contributed by atoms with Crippen LogP contribution in [-0.2, 0) is 14.6 Å². The Morgan fingerprint density at radius 1 is 1.23 bits per heavy atom. The van der Waals surface area contributed by atoms with E-state index in [1.165, 1.54) is 12.1 Å². The molecule has 0 aliphatic carbocycles. The number of hydrogen-bond acceptors (Lipinski definition) is 6. The van der Waals surface area contributed by atoms with Crippen LogP contribution in [0.15, 0.2) is 39.8 Å². The number of benzene rings is 1. The van der Waals surface area contributed by atoms with Gasteiger partial charge in [-0.1, -0.05) is 23.2 Å². The lowest BCUT2D eigenvalue weighted by molar-refractivity contribution is -0.134. The molecule has 0 unspecified atom stereocenters. The minimum atomic E-state index is -3.54. The summed E-state index contributed by atoms with van der Waals surface area (Å²) in [6, 6.07) is 6.63. The fraction of sp³-hybridized carbons (Fsp3) is 0.368. The highest BCUT2D eigenvalue weighted by Gasteiger charge is 2.35. The summed E-state index contributed by atoms with van der Waals surface area (Å²) in [6.07, 6.45) is 1.54. The third kappa shape index (κ3) is 5.27. The summed E-state index contributed by atoms with van der Waals surface area (Å²) >= 11 is 11.8. The van der Waals surface area contributed by atoms with E-state index in [1.54, 1.807) is 23.1 Å². The van der Waals surface area contributed by atoms with Gasteiger partial charge in [0, 0.05) is 28.9 Å². The van der Waals surface area contributed by atoms with Gasteiger partial charge in [0.25, 0.3) is 11.8 Å². The van der Waals surface area contributed by atoms with Crippen LogP contribution in [0.4, 0.5) is 0 Å². The summed E-state index contributed by atoms with van der Waals surface area (Å²) in [5.74, 6) is -0.501. The van der Waals surface area contributed by atoms with Crippen molar-refractivity contribution >= 4 is 44.9 Å². The Morgan fingerprint density at radius 2 is 1.90 bits per heavy atom. The molecule has 1 fully saturated rings. The van der Waals surface area contributed by atoms with Gasteiger partial charge in [-0.3, -0.25) is 9.59 Å². The van der Waals surface area contributed by atoms with Crippen LogP contribution in [0.1, 0.15) is 23.9 Å². The van der Waals surface area contributed by atoms with Gasteiger partial charge < -0.3 is 19.4 Å². The molecule has 1 aliphatic rings. The monoisotopic (exact) mass is 474 g/mol. The van der Waals surface area contributed by atoms with Crippen LogP contribution < -0.4 is 10.1 Å². The molecule has 1 saturated heterocycles. The molecular weight excluding hydrogens is 455 g/mol. The third-order valence-electron chi connectivity index (χ3n) is 4.76. The van der Waals surface area contributed by atoms with Crippen molar-refractivity contribution in [2.75, 3.05) is 19.4 Å². The molecule has 1 aromatic heterocycles. The SMILES string of the molecule is C[C@@H]1[C@H](NC(=O)c2ccc(S(C)(=O)=O)o2)CCN1C(=O)COc1cc(Cl)cc(Cl)c1. The lowest BCUT2D eigenvalue weighted by Crippen LogP contribution is -2.46. The van der Waals surface area contributed by atoms with Crippen molar-refractivity contribution in [2.24, 2.45) is 0 Å². The topological polar surface area (TPSA) is 106 Å². The summed E-state index contributed by atoms with van der Waals surface area (Å²) in [5.41, 5.74) is 0. The Kier molecular flexibility index (Phi) is 6.64. The second-order valence-electron chi connectivity index (χ2n) is 6.98. The highest BCUT2D eigenvalue weighted by Crippen LogP contribution is 2.25. The molecule has 0 saturated carbocycles. The number of carbonyl (C=O) groups excluding carboxylic acids is 2. The molecule has 162 valence electrons. The molecule has 0 radical (unpaired) electrons. The van der Waals surface area contributed by atoms with Crippen LogP contribution in [0.2, 0.25) is 10.0 Å². The second kappa shape index (κ2) is 8.87. The zero-order valence-electron chi connectivity index (χ0n) is 16.2. The normalized spacial score (nSPS) is 19.0. The van der Waals surface area contributed by atoms with Crippen molar-refractivity contribution in [3.8, 4) is 5.75 Å². The lowest BCUT2D eigenvalue weighted by atomic mass is 10.1. The Balaban J connectivity index is 1.57. The molecule has 11 heteroatoms. The van der Waals surface area contributed by atoms with Crippen molar-refractivity contribution in [3.05, 3.63) is 46.1 Å². The zero-order chi connectivity index (χ0) is 22.1. The molecule has 2 heterocycles. The van der Waals surface area contributed by atoms with Crippen molar-refractivity contribution in [1.29, 1.82) is 0 Å². The number of hydrogen-bond donors (Lipinski definition) is 1. The van der Waals surface area contributed by atoms with Crippen LogP contribution in [0, 0.1) is 0 Å². The van der Waals surface area contributed by atoms with E-state index in [2.05, 4.69) is 5.32 Å². The van der Waals surface area contributed by atoms with Gasteiger partial charge in [0.1, 0.15) is 5.75 Å². The number of nitrogens with zero attached hydrogens (tertiary/aromatic N) is 1. The number of amides is 2. The molecular formula is C19H20Cl2N2O6S. The average molecular weight is 475 g/mol. The highest BCUT2D eigenvalue weighted by molar-refractivity contribution is 7.90. The molecule has 2 amide bonds. The minimum Gasteiger partial charge on any atom is -0.484 e. The number of sulfone groups is 1. The fourth-order valence-electron chi connectivity index (χ4n) is 3.21. The maximum atomic E-state index is 12.6. The molecule has 3 rings (SSSR count). The largest absolute Gasteiger partial charge is 0.484 e. The van der Waals surface area contributed by atoms with E-state index in [0.29, 0.717) is 28.8 Å². The van der Waals surface area contributed by atoms with Gasteiger partial charge in [0.2, 0.25) is 14.9 Å². The van der Waals surface area contributed by atoms with Gasteiger partial charge in [-0.25, -0.2) is 8.42 Å². The quantitative estimate of drug-likeness (QED) is 0.689. The van der Waals surface area contributed by atoms with E-state index in [1.807, 2.05) is 6.92 Å². The zero-order valence-corrected chi connectivity index (χ0v) is 18.6. The summed E-state index contributed by atoms with van der Waals surface area (Å²) < 4.78 is 33.6. The third-order valence-corrected chi connectivity index (χ3v) is 6.15. The van der Waals surface area contributed by atoms with Gasteiger partial charge in [-0.05, 0) is 43.7 Å². The molecule has 8 nitrogen and oxygen atoms in total. The molecule has 30 heavy (non-hydrogen) atoms. The van der Waals surface area contributed by atoms with Gasteiger partial charge in [0.05, 0.1) is 6.04 Å². The lowest BCUT2D eigenvalue weighted by Gasteiger charge is -2.25. The molecule has 2 atom stereocenters. The van der Waals surface area contributed by atoms with Gasteiger partial charge in [0.15, 0.2) is 12.4 Å². The number of likely N-dealkylation sites (tertiary alicyclic amines) is 1. The van der Waals surface area contributed by atoms with E-state index in [0.717, 1.165) is 6.26 Å². The summed E-state index contributed by atoms with van der Waals surface area (Å²) in [7, 11) is -3.54. The standard InChI is InChI=1S/C19H20Cl2N2O6S/c1-11-15(22-19(25)16-3-4-18(29-16)30(2,26)27)5-6-23(11)17(24)10-28-14-8-12(20)7-13(21)9-14/h3-4,7-9,11,15H,5-6,10H2,1-2H3,(H,22,25)/t11-,15-/m1/s1. The Morgan fingerprint density at radius 3 is 2.50 bits per heavy atom. The van der Waals surface area contributed by atoms with Gasteiger partial charge in [-0.2, -0.15) is 0 Å².